The Morgan fingerprint density at radius 2 is 1.52 bits per heavy atom. The number of benzene rings is 2. The van der Waals surface area contributed by atoms with Crippen molar-refractivity contribution in [3.63, 3.8) is 0 Å². The Kier molecular flexibility index (Phi) is 8.64. The number of rotatable bonds is 5. The minimum Gasteiger partial charge on any atom is -0.320 e. The van der Waals surface area contributed by atoms with Crippen LogP contribution in [0.1, 0.15) is 37.5 Å². The van der Waals surface area contributed by atoms with Crippen LogP contribution in [0.15, 0.2) is 59.2 Å². The second-order valence-electron chi connectivity index (χ2n) is 8.44. The summed E-state index contributed by atoms with van der Waals surface area (Å²) in [5, 5.41) is 10.6. The highest BCUT2D eigenvalue weighted by Gasteiger charge is 2.73. The summed E-state index contributed by atoms with van der Waals surface area (Å²) in [6.45, 7) is 0. The molecule has 17 heteroatoms. The number of nitriles is 1. The molecule has 3 rings (SSSR count). The highest BCUT2D eigenvalue weighted by atomic mass is 79.9. The van der Waals surface area contributed by atoms with E-state index in [9.17, 15) is 53.5 Å². The van der Waals surface area contributed by atoms with Crippen molar-refractivity contribution in [1.29, 1.82) is 5.26 Å². The molecule has 6 nitrogen and oxygen atoms in total. The highest BCUT2D eigenvalue weighted by Crippen LogP contribution is 2.55. The Labute approximate surface area is 237 Å². The van der Waals surface area contributed by atoms with Crippen LogP contribution < -0.4 is 10.2 Å². The van der Waals surface area contributed by atoms with Gasteiger partial charge in [0.1, 0.15) is 11.8 Å². The van der Waals surface area contributed by atoms with Gasteiger partial charge in [0.2, 0.25) is 0 Å². The lowest BCUT2D eigenvalue weighted by molar-refractivity contribution is -0.348. The van der Waals surface area contributed by atoms with E-state index in [2.05, 4.69) is 20.9 Å². The topological polar surface area (TPSA) is 86.1 Å². The van der Waals surface area contributed by atoms with Gasteiger partial charge in [0.25, 0.3) is 11.8 Å². The van der Waals surface area contributed by atoms with Crippen LogP contribution in [0, 0.1) is 11.3 Å². The molecule has 0 aliphatic rings. The summed E-state index contributed by atoms with van der Waals surface area (Å²) in [6, 6.07) is 8.20. The molecule has 0 radical (unpaired) electrons. The summed E-state index contributed by atoms with van der Waals surface area (Å²) in [6.07, 6.45) is -17.9. The van der Waals surface area contributed by atoms with Crippen molar-refractivity contribution < 1.29 is 53.5 Å². The summed E-state index contributed by atoms with van der Waals surface area (Å²) in [4.78, 5) is 30.4. The second kappa shape index (κ2) is 11.2. The van der Waals surface area contributed by atoms with Crippen molar-refractivity contribution in [3.05, 3.63) is 87.1 Å². The molecule has 2 aromatic carbocycles. The third kappa shape index (κ3) is 6.17. The first-order valence-electron chi connectivity index (χ1n) is 11.0. The van der Waals surface area contributed by atoms with Gasteiger partial charge in [0.15, 0.2) is 0 Å². The SMILES string of the molecule is CN(C(=O)c1ccc(C#N)nc1)c1cccc(C(=O)Nc2c(Br)cc(C(F)(C(F)(F)F)C(F)(F)F)cc2C(F)(F)F)c1. The first-order valence-corrected chi connectivity index (χ1v) is 11.8. The van der Waals surface area contributed by atoms with E-state index in [0.29, 0.717) is 0 Å². The van der Waals surface area contributed by atoms with E-state index in [1.165, 1.54) is 31.3 Å². The standard InChI is InChI=1S/C25H13BrF10N4O2/c1-40(21(42)13-5-6-15(10-37)38-11-13)16-4-2-3-12(7-16)20(41)39-19-17(23(28,29)30)8-14(9-18(19)26)22(27,24(31,32)33)25(34,35)36/h2-9,11H,1H3,(H,39,41). The molecule has 1 heterocycles. The van der Waals surface area contributed by atoms with Crippen molar-refractivity contribution in [2.45, 2.75) is 24.2 Å². The van der Waals surface area contributed by atoms with Crippen LogP contribution in [-0.4, -0.2) is 36.2 Å². The molecule has 0 aliphatic carbocycles. The number of carbonyl (C=O) groups is 2. The largest absolute Gasteiger partial charge is 0.435 e. The number of anilines is 2. The average molecular weight is 671 g/mol. The molecule has 0 saturated heterocycles. The van der Waals surface area contributed by atoms with Gasteiger partial charge in [-0.1, -0.05) is 6.07 Å². The first kappa shape index (κ1) is 32.3. The fraction of sp³-hybridized carbons (Fsp3) is 0.200. The molecule has 0 bridgehead atoms. The fourth-order valence-electron chi connectivity index (χ4n) is 3.58. The molecule has 0 saturated carbocycles. The molecular formula is C25H13BrF10N4O2. The lowest BCUT2D eigenvalue weighted by atomic mass is 9.92. The first-order chi connectivity index (χ1) is 19.2. The van der Waals surface area contributed by atoms with Crippen LogP contribution in [0.25, 0.3) is 0 Å². The molecule has 2 amide bonds. The van der Waals surface area contributed by atoms with Crippen LogP contribution in [0.4, 0.5) is 55.3 Å². The van der Waals surface area contributed by atoms with Crippen molar-refractivity contribution in [2.75, 3.05) is 17.3 Å². The van der Waals surface area contributed by atoms with Crippen LogP contribution in [0.2, 0.25) is 0 Å². The van der Waals surface area contributed by atoms with Crippen molar-refractivity contribution in [2.24, 2.45) is 0 Å². The highest BCUT2D eigenvalue weighted by molar-refractivity contribution is 9.10. The molecule has 0 aliphatic heterocycles. The van der Waals surface area contributed by atoms with E-state index in [1.807, 2.05) is 0 Å². The molecule has 222 valence electrons. The molecule has 0 atom stereocenters. The summed E-state index contributed by atoms with van der Waals surface area (Å²) < 4.78 is 134. The maximum atomic E-state index is 14.5. The van der Waals surface area contributed by atoms with Gasteiger partial charge in [-0.3, -0.25) is 9.59 Å². The summed E-state index contributed by atoms with van der Waals surface area (Å²) >= 11 is 2.42. The molecule has 42 heavy (non-hydrogen) atoms. The number of nitrogens with zero attached hydrogens (tertiary/aromatic N) is 3. The Morgan fingerprint density at radius 1 is 0.905 bits per heavy atom. The third-order valence-electron chi connectivity index (χ3n) is 5.74. The van der Waals surface area contributed by atoms with Gasteiger partial charge in [-0.2, -0.15) is 44.8 Å². The zero-order valence-corrected chi connectivity index (χ0v) is 22.1. The molecule has 3 aromatic rings. The predicted molar refractivity (Wildman–Crippen MR) is 130 cm³/mol. The number of carbonyl (C=O) groups excluding carboxylic acids is 2. The average Bonchev–Trinajstić information content (AvgIpc) is 2.90. The molecule has 1 aromatic heterocycles. The van der Waals surface area contributed by atoms with E-state index < -0.39 is 63.4 Å². The van der Waals surface area contributed by atoms with E-state index in [1.54, 1.807) is 11.4 Å². The van der Waals surface area contributed by atoms with Crippen LogP contribution >= 0.6 is 15.9 Å². The lowest BCUT2D eigenvalue weighted by Gasteiger charge is -2.31. The molecular weight excluding hydrogens is 658 g/mol. The predicted octanol–water partition coefficient (Wildman–Crippen LogP) is 7.55. The van der Waals surface area contributed by atoms with Gasteiger partial charge in [0.05, 0.1) is 16.8 Å². The zero-order valence-electron chi connectivity index (χ0n) is 20.5. The minimum absolute atomic E-state index is 0.0271. The molecule has 0 fully saturated rings. The minimum atomic E-state index is -6.68. The zero-order chi connectivity index (χ0) is 31.8. The Morgan fingerprint density at radius 3 is 2.02 bits per heavy atom. The molecule has 1 N–H and O–H groups in total. The maximum Gasteiger partial charge on any atom is 0.435 e. The number of pyridine rings is 1. The van der Waals surface area contributed by atoms with E-state index in [4.69, 9.17) is 5.26 Å². The maximum absolute atomic E-state index is 14.5. The number of nitrogens with one attached hydrogen (secondary N) is 1. The summed E-state index contributed by atoms with van der Waals surface area (Å²) in [5.74, 6) is -1.97. The Bertz CT molecular complexity index is 1550. The number of hydrogen-bond acceptors (Lipinski definition) is 4. The number of hydrogen-bond donors (Lipinski definition) is 1. The smallest absolute Gasteiger partial charge is 0.320 e. The molecule has 0 spiro atoms. The van der Waals surface area contributed by atoms with Gasteiger partial charge in [-0.15, -0.1) is 0 Å². The summed E-state index contributed by atoms with van der Waals surface area (Å²) in [7, 11) is 1.28. The van der Waals surface area contributed by atoms with E-state index >= 15 is 0 Å². The number of alkyl halides is 10. The second-order valence-corrected chi connectivity index (χ2v) is 9.30. The van der Waals surface area contributed by atoms with Crippen LogP contribution in [0.3, 0.4) is 0 Å². The van der Waals surface area contributed by atoms with Crippen LogP contribution in [0.5, 0.6) is 0 Å². The lowest BCUT2D eigenvalue weighted by Crippen LogP contribution is -2.50. The van der Waals surface area contributed by atoms with Gasteiger partial charge in [0, 0.05) is 34.5 Å². The van der Waals surface area contributed by atoms with E-state index in [-0.39, 0.29) is 28.6 Å². The van der Waals surface area contributed by atoms with Gasteiger partial charge < -0.3 is 10.2 Å². The van der Waals surface area contributed by atoms with Gasteiger partial charge in [-0.25, -0.2) is 9.37 Å². The van der Waals surface area contributed by atoms with Gasteiger partial charge in [-0.05, 0) is 58.4 Å². The van der Waals surface area contributed by atoms with Crippen LogP contribution in [-0.2, 0) is 11.8 Å². The Balaban J connectivity index is 2.01. The number of aromatic nitrogens is 1. The quantitative estimate of drug-likeness (QED) is 0.284. The summed E-state index contributed by atoms with van der Waals surface area (Å²) in [5.41, 5.74) is -12.3. The fourth-order valence-corrected chi connectivity index (χ4v) is 4.14. The number of amides is 2. The van der Waals surface area contributed by atoms with Crippen molar-refractivity contribution in [3.8, 4) is 6.07 Å². The van der Waals surface area contributed by atoms with Crippen molar-refractivity contribution in [1.82, 2.24) is 4.98 Å². The van der Waals surface area contributed by atoms with Crippen molar-refractivity contribution >= 4 is 39.1 Å². The monoisotopic (exact) mass is 670 g/mol. The third-order valence-corrected chi connectivity index (χ3v) is 6.36. The number of halogens is 11. The molecule has 0 unspecified atom stereocenters. The normalized spacial score (nSPS) is 12.5. The van der Waals surface area contributed by atoms with E-state index in [0.717, 1.165) is 23.2 Å². The Hall–Kier alpha value is -4.20. The van der Waals surface area contributed by atoms with Gasteiger partial charge >= 0.3 is 24.2 Å².